The summed E-state index contributed by atoms with van der Waals surface area (Å²) in [4.78, 5) is 12.6. The lowest BCUT2D eigenvalue weighted by Crippen LogP contribution is -2.45. The molecule has 2 aromatic carbocycles. The Morgan fingerprint density at radius 1 is 1.11 bits per heavy atom. The summed E-state index contributed by atoms with van der Waals surface area (Å²) in [6, 6.07) is 9.15. The third kappa shape index (κ3) is 4.70. The van der Waals surface area contributed by atoms with Crippen LogP contribution in [-0.2, 0) is 0 Å². The topological polar surface area (TPSA) is 87.9 Å². The summed E-state index contributed by atoms with van der Waals surface area (Å²) >= 11 is 0. The van der Waals surface area contributed by atoms with Crippen LogP contribution in [0.1, 0.15) is 17.2 Å². The SMILES string of the molecule is O=[N+]([O-])c1cc([C@H](c2ccc(OC(F)(F)F)cc2)N2CCNCC2)ccc1O. The maximum Gasteiger partial charge on any atom is 0.573 e. The summed E-state index contributed by atoms with van der Waals surface area (Å²) in [5, 5.41) is 24.1. The number of piperazine rings is 1. The maximum atomic E-state index is 12.4. The van der Waals surface area contributed by atoms with Gasteiger partial charge in [0, 0.05) is 32.2 Å². The molecule has 1 atom stereocenters. The summed E-state index contributed by atoms with van der Waals surface area (Å²) in [5.41, 5.74) is 0.807. The Morgan fingerprint density at radius 2 is 1.71 bits per heavy atom. The lowest BCUT2D eigenvalue weighted by atomic mass is 9.95. The lowest BCUT2D eigenvalue weighted by Gasteiger charge is -2.35. The van der Waals surface area contributed by atoms with Crippen LogP contribution < -0.4 is 10.1 Å². The minimum Gasteiger partial charge on any atom is -0.502 e. The molecular formula is C18H18F3N3O4. The number of hydrogen-bond donors (Lipinski definition) is 2. The number of nitrogens with one attached hydrogen (secondary N) is 1. The molecule has 0 saturated carbocycles. The van der Waals surface area contributed by atoms with Gasteiger partial charge in [-0.05, 0) is 29.3 Å². The van der Waals surface area contributed by atoms with E-state index in [2.05, 4.69) is 15.0 Å². The van der Waals surface area contributed by atoms with E-state index in [0.717, 1.165) is 0 Å². The van der Waals surface area contributed by atoms with E-state index in [1.807, 2.05) is 0 Å². The number of benzene rings is 2. The first-order chi connectivity index (χ1) is 13.2. The summed E-state index contributed by atoms with van der Waals surface area (Å²) < 4.78 is 41.1. The molecular weight excluding hydrogens is 379 g/mol. The molecule has 28 heavy (non-hydrogen) atoms. The molecule has 150 valence electrons. The van der Waals surface area contributed by atoms with Crippen LogP contribution in [0.3, 0.4) is 0 Å². The number of nitro groups is 1. The van der Waals surface area contributed by atoms with E-state index in [-0.39, 0.29) is 5.75 Å². The highest BCUT2D eigenvalue weighted by Crippen LogP contribution is 2.35. The predicted octanol–water partition coefficient (Wildman–Crippen LogP) is 3.19. The number of nitro benzene ring substituents is 1. The highest BCUT2D eigenvalue weighted by molar-refractivity contribution is 5.50. The number of rotatable bonds is 5. The van der Waals surface area contributed by atoms with E-state index in [1.54, 1.807) is 6.07 Å². The second-order valence-electron chi connectivity index (χ2n) is 6.31. The minimum absolute atomic E-state index is 0.341. The van der Waals surface area contributed by atoms with Crippen molar-refractivity contribution < 1.29 is 27.9 Å². The minimum atomic E-state index is -4.78. The molecule has 0 spiro atoms. The van der Waals surface area contributed by atoms with Gasteiger partial charge in [-0.3, -0.25) is 15.0 Å². The molecule has 1 aliphatic heterocycles. The zero-order valence-electron chi connectivity index (χ0n) is 14.6. The van der Waals surface area contributed by atoms with E-state index in [4.69, 9.17) is 0 Å². The van der Waals surface area contributed by atoms with Gasteiger partial charge >= 0.3 is 12.0 Å². The number of aromatic hydroxyl groups is 1. The van der Waals surface area contributed by atoms with E-state index >= 15 is 0 Å². The molecule has 7 nitrogen and oxygen atoms in total. The molecule has 1 saturated heterocycles. The molecule has 1 aliphatic rings. The number of ether oxygens (including phenoxy) is 1. The van der Waals surface area contributed by atoms with Gasteiger partial charge in [-0.15, -0.1) is 13.2 Å². The van der Waals surface area contributed by atoms with E-state index in [1.165, 1.54) is 36.4 Å². The molecule has 0 radical (unpaired) electrons. The van der Waals surface area contributed by atoms with Gasteiger partial charge in [-0.25, -0.2) is 0 Å². The maximum absolute atomic E-state index is 12.4. The Bertz CT molecular complexity index is 837. The fraction of sp³-hybridized carbons (Fsp3) is 0.333. The van der Waals surface area contributed by atoms with Crippen LogP contribution in [0.15, 0.2) is 42.5 Å². The molecule has 10 heteroatoms. The smallest absolute Gasteiger partial charge is 0.502 e. The molecule has 3 rings (SSSR count). The van der Waals surface area contributed by atoms with Crippen LogP contribution in [0.4, 0.5) is 18.9 Å². The standard InChI is InChI=1S/C18H18F3N3O4/c19-18(20,21)28-14-4-1-12(2-5-14)17(23-9-7-22-8-10-23)13-3-6-16(25)15(11-13)24(26)27/h1-6,11,17,22,25H,7-10H2/t17-/m0/s1. The van der Waals surface area contributed by atoms with Crippen LogP contribution in [0, 0.1) is 10.1 Å². The quantitative estimate of drug-likeness (QED) is 0.595. The Balaban J connectivity index is 1.98. The predicted molar refractivity (Wildman–Crippen MR) is 94.2 cm³/mol. The number of phenolic OH excluding ortho intramolecular Hbond substituents is 1. The molecule has 1 fully saturated rings. The van der Waals surface area contributed by atoms with Gasteiger partial charge in [0.25, 0.3) is 0 Å². The van der Waals surface area contributed by atoms with Crippen LogP contribution >= 0.6 is 0 Å². The molecule has 0 bridgehead atoms. The van der Waals surface area contributed by atoms with Gasteiger partial charge in [-0.1, -0.05) is 18.2 Å². The van der Waals surface area contributed by atoms with Crippen LogP contribution in [0.2, 0.25) is 0 Å². The summed E-state index contributed by atoms with van der Waals surface area (Å²) in [6.45, 7) is 2.73. The summed E-state index contributed by atoms with van der Waals surface area (Å²) in [7, 11) is 0. The van der Waals surface area contributed by atoms with Crippen molar-refractivity contribution in [2.45, 2.75) is 12.4 Å². The zero-order valence-corrected chi connectivity index (χ0v) is 14.6. The average molecular weight is 397 g/mol. The number of halogens is 3. The fourth-order valence-corrected chi connectivity index (χ4v) is 3.26. The van der Waals surface area contributed by atoms with Crippen LogP contribution in [-0.4, -0.2) is 47.5 Å². The molecule has 1 heterocycles. The summed E-state index contributed by atoms with van der Waals surface area (Å²) in [6.07, 6.45) is -4.78. The van der Waals surface area contributed by atoms with Crippen molar-refractivity contribution in [1.29, 1.82) is 0 Å². The normalized spacial score (nSPS) is 16.5. The van der Waals surface area contributed by atoms with E-state index in [0.29, 0.717) is 37.3 Å². The van der Waals surface area contributed by atoms with Crippen molar-refractivity contribution in [3.63, 3.8) is 0 Å². The molecule has 2 aromatic rings. The largest absolute Gasteiger partial charge is 0.573 e. The number of phenols is 1. The van der Waals surface area contributed by atoms with Gasteiger partial charge in [0.15, 0.2) is 5.75 Å². The van der Waals surface area contributed by atoms with Crippen LogP contribution in [0.25, 0.3) is 0 Å². The van der Waals surface area contributed by atoms with Crippen molar-refractivity contribution in [1.82, 2.24) is 10.2 Å². The number of nitrogens with zero attached hydrogens (tertiary/aromatic N) is 2. The third-order valence-corrected chi connectivity index (χ3v) is 4.46. The van der Waals surface area contributed by atoms with Crippen molar-refractivity contribution in [2.24, 2.45) is 0 Å². The van der Waals surface area contributed by atoms with E-state index in [9.17, 15) is 28.4 Å². The van der Waals surface area contributed by atoms with Gasteiger partial charge < -0.3 is 15.2 Å². The molecule has 0 unspecified atom stereocenters. The lowest BCUT2D eigenvalue weighted by molar-refractivity contribution is -0.385. The Labute approximate surface area is 158 Å². The highest BCUT2D eigenvalue weighted by atomic mass is 19.4. The molecule has 0 aromatic heterocycles. The second-order valence-corrected chi connectivity index (χ2v) is 6.31. The van der Waals surface area contributed by atoms with Crippen molar-refractivity contribution in [3.05, 3.63) is 63.7 Å². The monoisotopic (exact) mass is 397 g/mol. The molecule has 0 aliphatic carbocycles. The Morgan fingerprint density at radius 3 is 2.29 bits per heavy atom. The van der Waals surface area contributed by atoms with Crippen LogP contribution in [0.5, 0.6) is 11.5 Å². The van der Waals surface area contributed by atoms with Crippen molar-refractivity contribution >= 4 is 5.69 Å². The van der Waals surface area contributed by atoms with Crippen molar-refractivity contribution in [2.75, 3.05) is 26.2 Å². The first kappa shape index (κ1) is 19.9. The van der Waals surface area contributed by atoms with Gasteiger partial charge in [0.05, 0.1) is 11.0 Å². The zero-order chi connectivity index (χ0) is 20.3. The molecule has 2 N–H and O–H groups in total. The van der Waals surface area contributed by atoms with Gasteiger partial charge in [-0.2, -0.15) is 0 Å². The fourth-order valence-electron chi connectivity index (χ4n) is 3.26. The number of hydrogen-bond acceptors (Lipinski definition) is 6. The Hall–Kier alpha value is -2.85. The molecule has 0 amide bonds. The third-order valence-electron chi connectivity index (χ3n) is 4.46. The van der Waals surface area contributed by atoms with Gasteiger partial charge in [0.2, 0.25) is 0 Å². The number of alkyl halides is 3. The Kier molecular flexibility index (Phi) is 5.71. The average Bonchev–Trinajstić information content (AvgIpc) is 2.64. The first-order valence-corrected chi connectivity index (χ1v) is 8.52. The summed E-state index contributed by atoms with van der Waals surface area (Å²) in [5.74, 6) is -0.784. The van der Waals surface area contributed by atoms with E-state index < -0.39 is 28.8 Å². The second kappa shape index (κ2) is 8.03. The van der Waals surface area contributed by atoms with Gasteiger partial charge in [0.1, 0.15) is 5.75 Å². The first-order valence-electron chi connectivity index (χ1n) is 8.52. The van der Waals surface area contributed by atoms with Crippen molar-refractivity contribution in [3.8, 4) is 11.5 Å². The highest BCUT2D eigenvalue weighted by Gasteiger charge is 2.31.